The van der Waals surface area contributed by atoms with E-state index in [1.165, 1.54) is 4.70 Å². The molecule has 2 rings (SSSR count). The van der Waals surface area contributed by atoms with Crippen LogP contribution in [0.5, 0.6) is 0 Å². The van der Waals surface area contributed by atoms with Crippen molar-refractivity contribution in [1.29, 1.82) is 0 Å². The zero-order valence-corrected chi connectivity index (χ0v) is 11.9. The summed E-state index contributed by atoms with van der Waals surface area (Å²) >= 11 is 1.67. The smallest absolute Gasteiger partial charge is 0.167 e. The van der Waals surface area contributed by atoms with Crippen LogP contribution in [-0.2, 0) is 0 Å². The number of hydrogen-bond donors (Lipinski definition) is 0. The summed E-state index contributed by atoms with van der Waals surface area (Å²) < 4.78 is 1.21. The number of fused-ring (bicyclic) bond motifs is 1. The van der Waals surface area contributed by atoms with Crippen LogP contribution in [0.2, 0.25) is 0 Å². The van der Waals surface area contributed by atoms with Crippen LogP contribution >= 0.6 is 11.3 Å². The number of rotatable bonds is 6. The van der Waals surface area contributed by atoms with Crippen molar-refractivity contribution in [2.75, 3.05) is 0 Å². The molecule has 0 radical (unpaired) electrons. The van der Waals surface area contributed by atoms with E-state index in [0.29, 0.717) is 5.78 Å². The molecule has 0 fully saturated rings. The standard InChI is InChI=1S/C16H20OS/c1-3-5-8-12(4-2)16(17)14-11-18-15-10-7-6-9-13(14)15/h6-7,9-12H,3-5,8H2,1-2H3. The lowest BCUT2D eigenvalue weighted by molar-refractivity contribution is 0.0910. The summed E-state index contributed by atoms with van der Waals surface area (Å²) in [5, 5.41) is 3.16. The van der Waals surface area contributed by atoms with Gasteiger partial charge >= 0.3 is 0 Å². The van der Waals surface area contributed by atoms with Crippen molar-refractivity contribution in [2.45, 2.75) is 39.5 Å². The highest BCUT2D eigenvalue weighted by atomic mass is 32.1. The van der Waals surface area contributed by atoms with Crippen molar-refractivity contribution in [3.8, 4) is 0 Å². The third-order valence-corrected chi connectivity index (χ3v) is 4.48. The van der Waals surface area contributed by atoms with Crippen LogP contribution in [0.1, 0.15) is 49.9 Å². The van der Waals surface area contributed by atoms with Gasteiger partial charge < -0.3 is 0 Å². The quantitative estimate of drug-likeness (QED) is 0.644. The van der Waals surface area contributed by atoms with E-state index in [2.05, 4.69) is 26.0 Å². The number of Topliss-reactive ketones (excluding diaryl/α,β-unsaturated/α-hetero) is 1. The first-order valence-corrected chi connectivity index (χ1v) is 7.66. The average molecular weight is 260 g/mol. The monoisotopic (exact) mass is 260 g/mol. The Labute approximate surface area is 113 Å². The highest BCUT2D eigenvalue weighted by Gasteiger charge is 2.20. The van der Waals surface area contributed by atoms with E-state index in [9.17, 15) is 4.79 Å². The highest BCUT2D eigenvalue weighted by Crippen LogP contribution is 2.29. The minimum absolute atomic E-state index is 0.197. The van der Waals surface area contributed by atoms with Gasteiger partial charge in [-0.15, -0.1) is 11.3 Å². The van der Waals surface area contributed by atoms with Crippen LogP contribution in [0.3, 0.4) is 0 Å². The van der Waals surface area contributed by atoms with E-state index in [1.807, 2.05) is 17.5 Å². The topological polar surface area (TPSA) is 17.1 Å². The number of carbonyl (C=O) groups excluding carboxylic acids is 1. The fourth-order valence-electron chi connectivity index (χ4n) is 2.36. The number of thiophene rings is 1. The number of benzene rings is 1. The van der Waals surface area contributed by atoms with Crippen LogP contribution in [0, 0.1) is 5.92 Å². The lowest BCUT2D eigenvalue weighted by Gasteiger charge is -2.12. The molecule has 0 saturated heterocycles. The molecule has 0 aliphatic carbocycles. The normalized spacial score (nSPS) is 12.8. The third kappa shape index (κ3) is 2.64. The lowest BCUT2D eigenvalue weighted by atomic mass is 9.90. The Hall–Kier alpha value is -1.15. The minimum Gasteiger partial charge on any atom is -0.294 e. The molecule has 1 aromatic carbocycles. The number of hydrogen-bond acceptors (Lipinski definition) is 2. The molecule has 0 saturated carbocycles. The van der Waals surface area contributed by atoms with Gasteiger partial charge in [-0.25, -0.2) is 0 Å². The Morgan fingerprint density at radius 3 is 2.78 bits per heavy atom. The minimum atomic E-state index is 0.197. The van der Waals surface area contributed by atoms with E-state index in [-0.39, 0.29) is 5.92 Å². The molecule has 0 bridgehead atoms. The summed E-state index contributed by atoms with van der Waals surface area (Å²) in [7, 11) is 0. The molecule has 1 nitrogen and oxygen atoms in total. The molecule has 0 N–H and O–H groups in total. The molecule has 0 spiro atoms. The summed E-state index contributed by atoms with van der Waals surface area (Å²) in [5.74, 6) is 0.534. The molecule has 2 heteroatoms. The first-order chi connectivity index (χ1) is 8.77. The van der Waals surface area contributed by atoms with E-state index in [4.69, 9.17) is 0 Å². The fourth-order valence-corrected chi connectivity index (χ4v) is 3.31. The molecule has 0 amide bonds. The van der Waals surface area contributed by atoms with Crippen LogP contribution in [0.15, 0.2) is 29.6 Å². The Morgan fingerprint density at radius 2 is 2.06 bits per heavy atom. The molecular formula is C16H20OS. The second-order valence-electron chi connectivity index (χ2n) is 4.76. The largest absolute Gasteiger partial charge is 0.294 e. The summed E-state index contributed by atoms with van der Waals surface area (Å²) in [5.41, 5.74) is 0.929. The maximum Gasteiger partial charge on any atom is 0.167 e. The average Bonchev–Trinajstić information content (AvgIpc) is 2.83. The van der Waals surface area contributed by atoms with Crippen LogP contribution in [-0.4, -0.2) is 5.78 Å². The molecule has 0 aliphatic heterocycles. The predicted molar refractivity (Wildman–Crippen MR) is 79.5 cm³/mol. The van der Waals surface area contributed by atoms with Gasteiger partial charge in [0.05, 0.1) is 0 Å². The van der Waals surface area contributed by atoms with Gasteiger partial charge in [0.15, 0.2) is 5.78 Å². The van der Waals surface area contributed by atoms with E-state index in [1.54, 1.807) is 11.3 Å². The van der Waals surface area contributed by atoms with Gasteiger partial charge in [-0.2, -0.15) is 0 Å². The van der Waals surface area contributed by atoms with E-state index < -0.39 is 0 Å². The zero-order chi connectivity index (χ0) is 13.0. The van der Waals surface area contributed by atoms with Crippen molar-refractivity contribution in [2.24, 2.45) is 5.92 Å². The maximum atomic E-state index is 12.6. The Kier molecular flexibility index (Phi) is 4.54. The van der Waals surface area contributed by atoms with Gasteiger partial charge in [0.1, 0.15) is 0 Å². The van der Waals surface area contributed by atoms with Crippen molar-refractivity contribution in [3.05, 3.63) is 35.2 Å². The summed E-state index contributed by atoms with van der Waals surface area (Å²) in [6.07, 6.45) is 4.28. The molecule has 1 aromatic heterocycles. The number of carbonyl (C=O) groups is 1. The molecule has 1 atom stereocenters. The molecule has 0 aliphatic rings. The van der Waals surface area contributed by atoms with E-state index >= 15 is 0 Å². The second kappa shape index (κ2) is 6.14. The predicted octanol–water partition coefficient (Wildman–Crippen LogP) is 5.30. The Balaban J connectivity index is 2.26. The van der Waals surface area contributed by atoms with Crippen molar-refractivity contribution in [3.63, 3.8) is 0 Å². The van der Waals surface area contributed by atoms with Gasteiger partial charge in [-0.3, -0.25) is 4.79 Å². The first-order valence-electron chi connectivity index (χ1n) is 6.78. The summed E-state index contributed by atoms with van der Waals surface area (Å²) in [6.45, 7) is 4.30. The van der Waals surface area contributed by atoms with Crippen LogP contribution in [0.25, 0.3) is 10.1 Å². The molecule has 1 unspecified atom stereocenters. The van der Waals surface area contributed by atoms with Crippen molar-refractivity contribution in [1.82, 2.24) is 0 Å². The van der Waals surface area contributed by atoms with Gasteiger partial charge in [-0.05, 0) is 18.9 Å². The Morgan fingerprint density at radius 1 is 1.28 bits per heavy atom. The van der Waals surface area contributed by atoms with Crippen molar-refractivity contribution >= 4 is 27.2 Å². The third-order valence-electron chi connectivity index (χ3n) is 3.52. The van der Waals surface area contributed by atoms with E-state index in [0.717, 1.165) is 36.6 Å². The summed E-state index contributed by atoms with van der Waals surface area (Å²) in [6, 6.07) is 8.19. The van der Waals surface area contributed by atoms with Gasteiger partial charge in [0.2, 0.25) is 0 Å². The maximum absolute atomic E-state index is 12.6. The number of ketones is 1. The Bertz CT molecular complexity index is 527. The lowest BCUT2D eigenvalue weighted by Crippen LogP contribution is -2.13. The summed E-state index contributed by atoms with van der Waals surface area (Å²) in [4.78, 5) is 12.6. The molecule has 18 heavy (non-hydrogen) atoms. The zero-order valence-electron chi connectivity index (χ0n) is 11.1. The van der Waals surface area contributed by atoms with Crippen LogP contribution < -0.4 is 0 Å². The highest BCUT2D eigenvalue weighted by molar-refractivity contribution is 7.17. The van der Waals surface area contributed by atoms with Crippen LogP contribution in [0.4, 0.5) is 0 Å². The van der Waals surface area contributed by atoms with Gasteiger partial charge in [-0.1, -0.05) is 44.9 Å². The molecule has 96 valence electrons. The SMILES string of the molecule is CCCCC(CC)C(=O)c1csc2ccccc12. The molecular weight excluding hydrogens is 240 g/mol. The first kappa shape index (κ1) is 13.3. The molecule has 1 heterocycles. The van der Waals surface area contributed by atoms with Gasteiger partial charge in [0, 0.05) is 26.9 Å². The molecule has 2 aromatic rings. The number of unbranched alkanes of at least 4 members (excludes halogenated alkanes) is 1. The van der Waals surface area contributed by atoms with Crippen molar-refractivity contribution < 1.29 is 4.79 Å². The second-order valence-corrected chi connectivity index (χ2v) is 5.67. The van der Waals surface area contributed by atoms with Gasteiger partial charge in [0.25, 0.3) is 0 Å². The fraction of sp³-hybridized carbons (Fsp3) is 0.438.